The van der Waals surface area contributed by atoms with E-state index in [4.69, 9.17) is 25.0 Å². The minimum absolute atomic E-state index is 0. The Morgan fingerprint density at radius 3 is 0.933 bits per heavy atom. The van der Waals surface area contributed by atoms with Gasteiger partial charge in [0, 0.05) is 147 Å². The van der Waals surface area contributed by atoms with Gasteiger partial charge in [0.1, 0.15) is 0 Å². The number of pyridine rings is 4. The molecule has 12 aromatic rings. The zero-order chi connectivity index (χ0) is 97.1. The molecule has 0 aliphatic carbocycles. The van der Waals surface area contributed by atoms with Crippen molar-refractivity contribution in [3.8, 4) is 45.0 Å². The van der Waals surface area contributed by atoms with Crippen LogP contribution in [0.1, 0.15) is 281 Å². The maximum atomic E-state index is 11.7. The molecule has 0 aliphatic rings. The topological polar surface area (TPSA) is 201 Å². The van der Waals surface area contributed by atoms with Crippen molar-refractivity contribution in [2.24, 2.45) is 35.5 Å². The van der Waals surface area contributed by atoms with Crippen molar-refractivity contribution in [3.63, 3.8) is 0 Å². The molecule has 4 aromatic heterocycles. The summed E-state index contributed by atoms with van der Waals surface area (Å²) >= 11 is 0. The van der Waals surface area contributed by atoms with Crippen LogP contribution in [0.3, 0.4) is 0 Å². The van der Waals surface area contributed by atoms with Gasteiger partial charge in [-0.05, 0) is 160 Å². The Kier molecular flexibility index (Phi) is 56.0. The van der Waals surface area contributed by atoms with Gasteiger partial charge in [-0.25, -0.2) is 0 Å². The molecule has 0 fully saturated rings. The van der Waals surface area contributed by atoms with Crippen LogP contribution in [0.15, 0.2) is 217 Å². The summed E-state index contributed by atoms with van der Waals surface area (Å²) in [6, 6.07) is 73.8. The fourth-order valence-electron chi connectivity index (χ4n) is 14.6. The number of nitrogens with zero attached hydrogens (tertiary/aromatic N) is 4. The summed E-state index contributed by atoms with van der Waals surface area (Å²) in [6.45, 7) is 60.7. The Balaban J connectivity index is 0.000000777. The summed E-state index contributed by atoms with van der Waals surface area (Å²) in [7, 11) is 0. The number of aliphatic hydroxyl groups excluding tert-OH is 4. The van der Waals surface area contributed by atoms with Gasteiger partial charge in [-0.15, -0.1) is 140 Å². The molecule has 728 valence electrons. The average Bonchev–Trinajstić information content (AvgIpc) is 0.828. The molecule has 12 rings (SSSR count). The third-order valence-corrected chi connectivity index (χ3v) is 21.7. The van der Waals surface area contributed by atoms with Gasteiger partial charge >= 0.3 is 0 Å². The number of hydrogen-bond donors (Lipinski definition) is 4. The zero-order valence-electron chi connectivity index (χ0n) is 85.0. The van der Waals surface area contributed by atoms with E-state index in [-0.39, 0.29) is 150 Å². The first kappa shape index (κ1) is 123. The summed E-state index contributed by atoms with van der Waals surface area (Å²) in [5.74, 6) is 3.70. The number of carbonyl (C=O) groups is 4. The van der Waals surface area contributed by atoms with Crippen molar-refractivity contribution >= 4 is 66.7 Å². The number of aryl methyl sites for hydroxylation is 8. The van der Waals surface area contributed by atoms with Crippen LogP contribution >= 0.6 is 0 Å². The first-order chi connectivity index (χ1) is 61.2. The van der Waals surface area contributed by atoms with E-state index in [2.05, 4.69) is 305 Å². The molecule has 12 nitrogen and oxygen atoms in total. The molecular formula is C118H148Ir4N4O8-4. The molecule has 0 aliphatic heterocycles. The van der Waals surface area contributed by atoms with Crippen molar-refractivity contribution < 1.29 is 120 Å². The number of carbonyl (C=O) groups excluding carboxylic acids is 4. The summed E-state index contributed by atoms with van der Waals surface area (Å²) < 4.78 is 0. The number of ketones is 4. The van der Waals surface area contributed by atoms with Gasteiger partial charge in [0.25, 0.3) is 0 Å². The molecule has 4 N–H and O–H groups in total. The van der Waals surface area contributed by atoms with E-state index in [0.29, 0.717) is 48.3 Å². The second kappa shape index (κ2) is 61.1. The molecule has 16 heteroatoms. The fraction of sp³-hybridized carbons (Fsp3) is 0.390. The van der Waals surface area contributed by atoms with Gasteiger partial charge in [0.05, 0.1) is 45.1 Å². The number of aromatic nitrogens is 4. The smallest absolute Gasteiger partial charge is 0.162 e. The van der Waals surface area contributed by atoms with Crippen LogP contribution in [0.25, 0.3) is 88.6 Å². The van der Waals surface area contributed by atoms with Gasteiger partial charge < -0.3 is 20.4 Å². The molecule has 4 radical (unpaired) electrons. The summed E-state index contributed by atoms with van der Waals surface area (Å²) in [4.78, 5) is 63.3. The van der Waals surface area contributed by atoms with Crippen LogP contribution in [0.2, 0.25) is 0 Å². The Hall–Kier alpha value is -9.16. The van der Waals surface area contributed by atoms with Crippen LogP contribution in [0.5, 0.6) is 0 Å². The molecule has 0 amide bonds. The second-order valence-electron chi connectivity index (χ2n) is 37.2. The minimum Gasteiger partial charge on any atom is -0.512 e. The van der Waals surface area contributed by atoms with E-state index in [1.165, 1.54) is 104 Å². The van der Waals surface area contributed by atoms with Crippen molar-refractivity contribution in [3.05, 3.63) is 308 Å². The van der Waals surface area contributed by atoms with E-state index in [0.717, 1.165) is 115 Å². The first-order valence-electron chi connectivity index (χ1n) is 46.6. The van der Waals surface area contributed by atoms with Crippen LogP contribution in [-0.4, -0.2) is 63.5 Å². The molecule has 0 saturated carbocycles. The van der Waals surface area contributed by atoms with E-state index in [1.807, 2.05) is 83.1 Å². The third kappa shape index (κ3) is 42.2. The van der Waals surface area contributed by atoms with E-state index in [9.17, 15) is 34.5 Å². The van der Waals surface area contributed by atoms with E-state index >= 15 is 0 Å². The van der Waals surface area contributed by atoms with Crippen LogP contribution < -0.4 is 0 Å². The number of allylic oxidation sites excluding steroid dienone is 8. The van der Waals surface area contributed by atoms with Gasteiger partial charge in [0.15, 0.2) is 23.1 Å². The Morgan fingerprint density at radius 2 is 0.657 bits per heavy atom. The molecule has 8 aromatic carbocycles. The quantitative estimate of drug-likeness (QED) is 0.0254. The molecule has 0 unspecified atom stereocenters. The molecule has 0 bridgehead atoms. The molecule has 0 atom stereocenters. The predicted molar refractivity (Wildman–Crippen MR) is 549 cm³/mol. The van der Waals surface area contributed by atoms with Gasteiger partial charge in [-0.1, -0.05) is 291 Å². The maximum absolute atomic E-state index is 11.7. The van der Waals surface area contributed by atoms with Crippen LogP contribution in [0, 0.1) is 115 Å². The van der Waals surface area contributed by atoms with E-state index < -0.39 is 0 Å². The van der Waals surface area contributed by atoms with Gasteiger partial charge in [0.2, 0.25) is 0 Å². The molecular weight excluding hydrogens is 2370 g/mol. The van der Waals surface area contributed by atoms with Crippen molar-refractivity contribution in [2.45, 2.75) is 270 Å². The number of fused-ring (bicyclic) bond motifs is 4. The normalized spacial score (nSPS) is 11.3. The number of rotatable bonds is 24. The minimum atomic E-state index is -0.125. The molecule has 4 heterocycles. The molecule has 0 saturated heterocycles. The van der Waals surface area contributed by atoms with Crippen LogP contribution in [-0.2, 0) is 99.6 Å². The summed E-state index contributed by atoms with van der Waals surface area (Å²) in [6.07, 6.45) is 9.85. The monoisotopic (exact) mass is 2520 g/mol. The fourth-order valence-corrected chi connectivity index (χ4v) is 14.6. The maximum Gasteiger partial charge on any atom is 0.162 e. The Bertz CT molecular complexity index is 5380. The first-order valence-corrected chi connectivity index (χ1v) is 46.6. The predicted octanol–water partition coefficient (Wildman–Crippen LogP) is 32.1. The zero-order valence-corrected chi connectivity index (χ0v) is 94.6. The summed E-state index contributed by atoms with van der Waals surface area (Å²) in [5, 5.41) is 41.5. The summed E-state index contributed by atoms with van der Waals surface area (Å²) in [5.41, 5.74) is 27.5. The van der Waals surface area contributed by atoms with Crippen LogP contribution in [0.4, 0.5) is 0 Å². The number of aliphatic hydroxyl groups is 4. The largest absolute Gasteiger partial charge is 0.512 e. The average molecular weight is 2520 g/mol. The molecule has 0 spiro atoms. The standard InChI is InChI=1S/4C20H20N.C13H24O2.C11H20O2.C9H16O2.C5H8O2.4Ir/c3*1-13(2)17-6-5-16-7-8-19(21-20(16)12-17)18-10-14(3)9-15(4)11-18;1-13(2)17-6-5-7-20-18(17)8-9-19(21-20)16-11-14(3)10-15(4)12-16;1-5-10(6-2)12(14)9-13(15)11(7-3)8-4;1-8(2)5-10(12)7-11(13)6-9(3)4;1-6(2)8(10)5-9(11)7(3)4;1-4(6)3-5(2)7;;;;/h3*5-10,12-13H,1-4H3;5-11,13H,1-4H3;9-11,14H,5-8H2,1-4H3;7-9,12H,5-6H2,1-4H3;5-7,10H,1-4H3;3,6H,1-2H3;;;;/q4*-1;;;;;;;;. The number of hydrogen-bond acceptors (Lipinski definition) is 12. The SMILES string of the molecule is CC(=O)C=C(C)O.CC(C)C(=O)C=C(O)C(C)C.CC(C)CC(=O)C=C(O)CC(C)C.CCC(CC)C(=O)C=C(O)C(CC)CC.Cc1[c-]c(-c2ccc3c(C(C)C)cccc3n2)cc(C)c1.Cc1[c-]c(-c2ccc3ccc(C(C)C)cc3n2)cc(C)c1.Cc1[c-]c(-c2ccc3ccc(C(C)C)cc3n2)cc(C)c1.Cc1[c-]c(-c2ccc3ccc(C(C)C)cc3n2)cc(C)c1.[Ir].[Ir].[Ir].[Ir]. The van der Waals surface area contributed by atoms with Crippen molar-refractivity contribution in [1.82, 2.24) is 19.9 Å². The van der Waals surface area contributed by atoms with Crippen molar-refractivity contribution in [2.75, 3.05) is 0 Å². The van der Waals surface area contributed by atoms with Gasteiger partial charge in [-0.2, -0.15) is 0 Å². The second-order valence-corrected chi connectivity index (χ2v) is 37.2. The van der Waals surface area contributed by atoms with Crippen molar-refractivity contribution in [1.29, 1.82) is 0 Å². The van der Waals surface area contributed by atoms with E-state index in [1.54, 1.807) is 0 Å². The third-order valence-electron chi connectivity index (χ3n) is 21.7. The number of benzene rings is 8. The Labute approximate surface area is 858 Å². The molecule has 134 heavy (non-hydrogen) atoms. The Morgan fingerprint density at radius 1 is 0.336 bits per heavy atom. The van der Waals surface area contributed by atoms with Gasteiger partial charge in [-0.3, -0.25) is 39.1 Å².